The van der Waals surface area contributed by atoms with E-state index in [2.05, 4.69) is 10.2 Å². The van der Waals surface area contributed by atoms with E-state index in [1.165, 1.54) is 4.31 Å². The van der Waals surface area contributed by atoms with E-state index in [4.69, 9.17) is 16.3 Å². The van der Waals surface area contributed by atoms with Crippen molar-refractivity contribution in [3.63, 3.8) is 0 Å². The maximum Gasteiger partial charge on any atom is 0.263 e. The molecule has 1 saturated heterocycles. The van der Waals surface area contributed by atoms with E-state index in [9.17, 15) is 8.42 Å². The molecule has 6 nitrogen and oxygen atoms in total. The topological polar surface area (TPSA) is 75.3 Å². The van der Waals surface area contributed by atoms with Crippen LogP contribution in [0.4, 0.5) is 0 Å². The first-order chi connectivity index (χ1) is 9.02. The number of aryl methyl sites for hydroxylation is 1. The van der Waals surface area contributed by atoms with Gasteiger partial charge in [0.05, 0.1) is 19.1 Å². The van der Waals surface area contributed by atoms with E-state index >= 15 is 0 Å². The van der Waals surface area contributed by atoms with Gasteiger partial charge in [0.25, 0.3) is 10.0 Å². The van der Waals surface area contributed by atoms with Gasteiger partial charge in [0.1, 0.15) is 0 Å². The number of nitrogens with zero attached hydrogens (tertiary/aromatic N) is 2. The molecule has 0 aliphatic carbocycles. The van der Waals surface area contributed by atoms with E-state index in [-0.39, 0.29) is 16.9 Å². The van der Waals surface area contributed by atoms with Gasteiger partial charge in [-0.25, -0.2) is 8.42 Å². The zero-order valence-electron chi connectivity index (χ0n) is 11.0. The molecule has 1 fully saturated rings. The molecule has 1 N–H and O–H groups in total. The van der Waals surface area contributed by atoms with Crippen LogP contribution in [-0.2, 0) is 20.6 Å². The van der Waals surface area contributed by atoms with Crippen LogP contribution in [0.2, 0.25) is 0 Å². The average Bonchev–Trinajstić information content (AvgIpc) is 2.80. The van der Waals surface area contributed by atoms with Crippen LogP contribution in [0.3, 0.4) is 0 Å². The molecule has 0 radical (unpaired) electrons. The lowest BCUT2D eigenvalue weighted by molar-refractivity contribution is 0.0313. The van der Waals surface area contributed by atoms with Crippen molar-refractivity contribution in [2.75, 3.05) is 19.8 Å². The van der Waals surface area contributed by atoms with Crippen molar-refractivity contribution >= 4 is 21.6 Å². The Labute approximate surface area is 118 Å². The molecule has 1 unspecified atom stereocenters. The van der Waals surface area contributed by atoms with Crippen molar-refractivity contribution < 1.29 is 13.2 Å². The van der Waals surface area contributed by atoms with E-state index in [0.717, 1.165) is 0 Å². The molecule has 0 aromatic carbocycles. The summed E-state index contributed by atoms with van der Waals surface area (Å²) < 4.78 is 32.2. The van der Waals surface area contributed by atoms with Gasteiger partial charge in [-0.2, -0.15) is 9.40 Å². The Morgan fingerprint density at radius 3 is 2.95 bits per heavy atom. The van der Waals surface area contributed by atoms with Crippen LogP contribution in [0, 0.1) is 6.92 Å². The number of hydrogen-bond donors (Lipinski definition) is 1. The predicted molar refractivity (Wildman–Crippen MR) is 71.7 cm³/mol. The van der Waals surface area contributed by atoms with Crippen molar-refractivity contribution in [1.82, 2.24) is 14.5 Å². The maximum atomic E-state index is 12.7. The Hall–Kier alpha value is -0.630. The van der Waals surface area contributed by atoms with Gasteiger partial charge in [-0.15, -0.1) is 11.6 Å². The normalized spacial score (nSPS) is 21.7. The first kappa shape index (κ1) is 14.8. The molecule has 1 aliphatic heterocycles. The number of rotatable bonds is 4. The van der Waals surface area contributed by atoms with Crippen LogP contribution in [-0.4, -0.2) is 48.7 Å². The van der Waals surface area contributed by atoms with E-state index in [0.29, 0.717) is 37.4 Å². The summed E-state index contributed by atoms with van der Waals surface area (Å²) >= 11 is 5.83. The molecule has 1 aliphatic rings. The summed E-state index contributed by atoms with van der Waals surface area (Å²) in [6.45, 7) is 4.90. The van der Waals surface area contributed by atoms with Crippen LogP contribution in [0.1, 0.15) is 24.6 Å². The predicted octanol–water partition coefficient (Wildman–Crippen LogP) is 1.26. The second-order valence-corrected chi connectivity index (χ2v) is 6.59. The third-order valence-corrected chi connectivity index (χ3v) is 5.56. The molecular weight excluding hydrogens is 290 g/mol. The molecule has 1 aromatic heterocycles. The number of ether oxygens (including phenoxy) is 1. The number of halogens is 1. The number of H-pyrrole nitrogens is 1. The highest BCUT2D eigenvalue weighted by atomic mass is 35.5. The summed E-state index contributed by atoms with van der Waals surface area (Å²) in [5.41, 5.74) is 1.23. The largest absolute Gasteiger partial charge is 0.378 e. The molecule has 2 rings (SSSR count). The summed E-state index contributed by atoms with van der Waals surface area (Å²) in [6.07, 6.45) is 0.707. The maximum absolute atomic E-state index is 12.7. The first-order valence-corrected chi connectivity index (χ1v) is 8.19. The zero-order valence-corrected chi connectivity index (χ0v) is 12.6. The van der Waals surface area contributed by atoms with Gasteiger partial charge < -0.3 is 4.74 Å². The number of nitrogens with one attached hydrogen (secondary N) is 1. The molecule has 19 heavy (non-hydrogen) atoms. The SMILES string of the molecule is CCC1COCCN1S(=O)(=O)c1n[nH]c(C)c1CCl. The zero-order chi connectivity index (χ0) is 14.0. The van der Waals surface area contributed by atoms with Crippen molar-refractivity contribution in [2.24, 2.45) is 0 Å². The Kier molecular flexibility index (Phi) is 4.50. The van der Waals surface area contributed by atoms with Gasteiger partial charge in [0, 0.05) is 23.8 Å². The highest BCUT2D eigenvalue weighted by Crippen LogP contribution is 2.25. The molecule has 0 spiro atoms. The number of sulfonamides is 1. The lowest BCUT2D eigenvalue weighted by Crippen LogP contribution is -2.48. The fourth-order valence-electron chi connectivity index (χ4n) is 2.19. The Morgan fingerprint density at radius 1 is 1.58 bits per heavy atom. The third kappa shape index (κ3) is 2.65. The molecular formula is C11H18ClN3O3S. The molecule has 1 atom stereocenters. The minimum Gasteiger partial charge on any atom is -0.378 e. The minimum absolute atomic E-state index is 0.0420. The molecule has 2 heterocycles. The molecule has 0 bridgehead atoms. The summed E-state index contributed by atoms with van der Waals surface area (Å²) in [7, 11) is -3.62. The summed E-state index contributed by atoms with van der Waals surface area (Å²) in [5, 5.41) is 6.66. The second kappa shape index (κ2) is 5.78. The summed E-state index contributed by atoms with van der Waals surface area (Å²) in [6, 6.07) is -0.140. The van der Waals surface area contributed by atoms with Crippen LogP contribution in [0.15, 0.2) is 5.03 Å². The van der Waals surface area contributed by atoms with Crippen molar-refractivity contribution in [1.29, 1.82) is 0 Å². The number of aromatic nitrogens is 2. The van der Waals surface area contributed by atoms with Crippen molar-refractivity contribution in [2.45, 2.75) is 37.2 Å². The average molecular weight is 308 g/mol. The first-order valence-electron chi connectivity index (χ1n) is 6.21. The van der Waals surface area contributed by atoms with E-state index < -0.39 is 10.0 Å². The van der Waals surface area contributed by atoms with E-state index in [1.807, 2.05) is 6.92 Å². The molecule has 0 amide bonds. The Balaban J connectivity index is 2.40. The van der Waals surface area contributed by atoms with Crippen molar-refractivity contribution in [3.8, 4) is 0 Å². The fourth-order valence-corrected chi connectivity index (χ4v) is 4.43. The van der Waals surface area contributed by atoms with Gasteiger partial charge in [-0.3, -0.25) is 5.10 Å². The Bertz CT molecular complexity index is 543. The van der Waals surface area contributed by atoms with Gasteiger partial charge in [-0.1, -0.05) is 6.92 Å². The van der Waals surface area contributed by atoms with Crippen LogP contribution in [0.25, 0.3) is 0 Å². The van der Waals surface area contributed by atoms with Gasteiger partial charge in [0.2, 0.25) is 0 Å². The highest BCUT2D eigenvalue weighted by molar-refractivity contribution is 7.89. The Morgan fingerprint density at radius 2 is 2.32 bits per heavy atom. The number of morpholine rings is 1. The van der Waals surface area contributed by atoms with Crippen LogP contribution in [0.5, 0.6) is 0 Å². The van der Waals surface area contributed by atoms with Gasteiger partial charge in [-0.05, 0) is 13.3 Å². The fraction of sp³-hybridized carbons (Fsp3) is 0.727. The van der Waals surface area contributed by atoms with Gasteiger partial charge >= 0.3 is 0 Å². The second-order valence-electron chi connectivity index (χ2n) is 4.52. The standard InChI is InChI=1S/C11H18ClN3O3S/c1-3-9-7-18-5-4-15(9)19(16,17)11-10(6-12)8(2)13-14-11/h9H,3-7H2,1-2H3,(H,13,14). The van der Waals surface area contributed by atoms with Crippen molar-refractivity contribution in [3.05, 3.63) is 11.3 Å². The molecule has 0 saturated carbocycles. The third-order valence-electron chi connectivity index (χ3n) is 3.37. The minimum atomic E-state index is -3.62. The molecule has 108 valence electrons. The number of hydrogen-bond acceptors (Lipinski definition) is 4. The van der Waals surface area contributed by atoms with Crippen LogP contribution >= 0.6 is 11.6 Å². The quantitative estimate of drug-likeness (QED) is 0.850. The monoisotopic (exact) mass is 307 g/mol. The lowest BCUT2D eigenvalue weighted by atomic mass is 10.2. The molecule has 1 aromatic rings. The van der Waals surface area contributed by atoms with Gasteiger partial charge in [0.15, 0.2) is 5.03 Å². The molecule has 8 heteroatoms. The van der Waals surface area contributed by atoms with Crippen LogP contribution < -0.4 is 0 Å². The lowest BCUT2D eigenvalue weighted by Gasteiger charge is -2.33. The highest BCUT2D eigenvalue weighted by Gasteiger charge is 2.36. The van der Waals surface area contributed by atoms with E-state index in [1.54, 1.807) is 6.92 Å². The summed E-state index contributed by atoms with van der Waals surface area (Å²) in [4.78, 5) is 0. The number of alkyl halides is 1. The smallest absolute Gasteiger partial charge is 0.263 e. The number of aromatic amines is 1. The summed E-state index contributed by atoms with van der Waals surface area (Å²) in [5.74, 6) is 0.123.